The zero-order valence-corrected chi connectivity index (χ0v) is 11.7. The van der Waals surface area contributed by atoms with Crippen LogP contribution in [0.4, 0.5) is 0 Å². The third-order valence-corrected chi connectivity index (χ3v) is 3.31. The molecule has 0 saturated carbocycles. The molecule has 0 saturated heterocycles. The minimum Gasteiger partial charge on any atom is -0.478 e. The van der Waals surface area contributed by atoms with Crippen molar-refractivity contribution in [3.05, 3.63) is 36.5 Å². The first kappa shape index (κ1) is 16.7. The Morgan fingerprint density at radius 1 is 1.33 bits per heavy atom. The molecule has 1 unspecified atom stereocenters. The Kier molecular flexibility index (Phi) is 8.99. The Hall–Kier alpha value is -1.31. The van der Waals surface area contributed by atoms with Crippen molar-refractivity contribution in [3.63, 3.8) is 0 Å². The molecule has 0 aliphatic rings. The van der Waals surface area contributed by atoms with Crippen LogP contribution in [-0.4, -0.2) is 11.1 Å². The number of hydrogen-bond donors (Lipinski definition) is 1. The van der Waals surface area contributed by atoms with Crippen LogP contribution in [0.2, 0.25) is 0 Å². The van der Waals surface area contributed by atoms with Gasteiger partial charge in [-0.2, -0.15) is 0 Å². The van der Waals surface area contributed by atoms with E-state index < -0.39 is 5.97 Å². The van der Waals surface area contributed by atoms with Gasteiger partial charge in [0.1, 0.15) is 0 Å². The Bertz CT molecular complexity index is 313. The highest BCUT2D eigenvalue weighted by Crippen LogP contribution is 2.21. The highest BCUT2D eigenvalue weighted by Gasteiger charge is 2.15. The molecule has 0 radical (unpaired) electrons. The molecular formula is C16H26O2. The number of allylic oxidation sites excluding steroid dienone is 3. The monoisotopic (exact) mass is 250 g/mol. The van der Waals surface area contributed by atoms with Crippen molar-refractivity contribution in [2.75, 3.05) is 0 Å². The summed E-state index contributed by atoms with van der Waals surface area (Å²) in [6, 6.07) is 0. The molecular weight excluding hydrogens is 224 g/mol. The second-order valence-corrected chi connectivity index (χ2v) is 4.73. The maximum Gasteiger partial charge on any atom is 0.331 e. The number of unbranched alkanes of at least 4 members (excludes halogenated alkanes) is 3. The van der Waals surface area contributed by atoms with Gasteiger partial charge in [0.2, 0.25) is 0 Å². The van der Waals surface area contributed by atoms with Crippen molar-refractivity contribution in [2.24, 2.45) is 5.92 Å². The Labute approximate surface area is 111 Å². The topological polar surface area (TPSA) is 37.3 Å². The molecule has 18 heavy (non-hydrogen) atoms. The van der Waals surface area contributed by atoms with Crippen molar-refractivity contribution in [2.45, 2.75) is 52.4 Å². The lowest BCUT2D eigenvalue weighted by Gasteiger charge is -2.14. The van der Waals surface area contributed by atoms with Gasteiger partial charge in [0.15, 0.2) is 0 Å². The first-order valence-electron chi connectivity index (χ1n) is 6.74. The fraction of sp³-hybridized carbons (Fsp3) is 0.562. The molecule has 0 aromatic rings. The zero-order valence-electron chi connectivity index (χ0n) is 11.7. The summed E-state index contributed by atoms with van der Waals surface area (Å²) in [4.78, 5) is 10.8. The lowest BCUT2D eigenvalue weighted by molar-refractivity contribution is -0.133. The van der Waals surface area contributed by atoms with Crippen LogP contribution >= 0.6 is 0 Å². The number of rotatable bonds is 10. The summed E-state index contributed by atoms with van der Waals surface area (Å²) >= 11 is 0. The van der Waals surface area contributed by atoms with E-state index >= 15 is 0 Å². The van der Waals surface area contributed by atoms with E-state index in [1.165, 1.54) is 5.57 Å². The van der Waals surface area contributed by atoms with Gasteiger partial charge in [-0.15, -0.1) is 0 Å². The van der Waals surface area contributed by atoms with E-state index in [4.69, 9.17) is 5.11 Å². The van der Waals surface area contributed by atoms with Gasteiger partial charge in [-0.3, -0.25) is 0 Å². The molecule has 0 rings (SSSR count). The Balaban J connectivity index is 3.79. The second-order valence-electron chi connectivity index (χ2n) is 4.73. The number of aliphatic carboxylic acids is 1. The van der Waals surface area contributed by atoms with Gasteiger partial charge in [-0.25, -0.2) is 4.79 Å². The van der Waals surface area contributed by atoms with E-state index in [2.05, 4.69) is 26.2 Å². The van der Waals surface area contributed by atoms with E-state index in [0.29, 0.717) is 5.57 Å². The minimum absolute atomic E-state index is 0.132. The van der Waals surface area contributed by atoms with Gasteiger partial charge in [0, 0.05) is 5.57 Å². The standard InChI is InChI=1S/C16H26O2/c1-5-13(3)11-9-7-8-10-12-15(6-2)14(4)16(17)18/h5,11,15H,1,4,6-10,12H2,2-3H3,(H,17,18). The highest BCUT2D eigenvalue weighted by molar-refractivity contribution is 5.86. The van der Waals surface area contributed by atoms with Crippen LogP contribution in [0.5, 0.6) is 0 Å². The largest absolute Gasteiger partial charge is 0.478 e. The van der Waals surface area contributed by atoms with Crippen molar-refractivity contribution < 1.29 is 9.90 Å². The maximum absolute atomic E-state index is 10.8. The van der Waals surface area contributed by atoms with Gasteiger partial charge in [-0.1, -0.05) is 50.6 Å². The van der Waals surface area contributed by atoms with Crippen molar-refractivity contribution in [1.29, 1.82) is 0 Å². The predicted octanol–water partition coefficient (Wildman–Crippen LogP) is 4.74. The van der Waals surface area contributed by atoms with Crippen LogP contribution in [0.15, 0.2) is 36.5 Å². The van der Waals surface area contributed by atoms with E-state index in [9.17, 15) is 4.79 Å². The van der Waals surface area contributed by atoms with Gasteiger partial charge in [0.05, 0.1) is 0 Å². The van der Waals surface area contributed by atoms with Crippen molar-refractivity contribution in [1.82, 2.24) is 0 Å². The molecule has 0 amide bonds. The molecule has 0 aliphatic heterocycles. The third-order valence-electron chi connectivity index (χ3n) is 3.31. The summed E-state index contributed by atoms with van der Waals surface area (Å²) in [5, 5.41) is 8.90. The number of carboxylic acids is 1. The van der Waals surface area contributed by atoms with Gasteiger partial charge >= 0.3 is 5.97 Å². The van der Waals surface area contributed by atoms with Crippen LogP contribution in [0, 0.1) is 5.92 Å². The van der Waals surface area contributed by atoms with E-state index in [-0.39, 0.29) is 5.92 Å². The SMILES string of the molecule is C=CC(C)=CCCCCCC(CC)C(=C)C(=O)O. The molecule has 0 aromatic carbocycles. The Morgan fingerprint density at radius 2 is 2.00 bits per heavy atom. The molecule has 0 aliphatic carbocycles. The molecule has 1 atom stereocenters. The summed E-state index contributed by atoms with van der Waals surface area (Å²) in [6.07, 6.45) is 10.3. The maximum atomic E-state index is 10.8. The molecule has 0 spiro atoms. The Morgan fingerprint density at radius 3 is 2.50 bits per heavy atom. The smallest absolute Gasteiger partial charge is 0.331 e. The van der Waals surface area contributed by atoms with Crippen LogP contribution < -0.4 is 0 Å². The van der Waals surface area contributed by atoms with Gasteiger partial charge in [0.25, 0.3) is 0 Å². The quantitative estimate of drug-likeness (QED) is 0.345. The fourth-order valence-electron chi connectivity index (χ4n) is 1.92. The molecule has 0 heterocycles. The normalized spacial score (nSPS) is 13.1. The van der Waals surface area contributed by atoms with Crippen LogP contribution in [0.1, 0.15) is 52.4 Å². The number of hydrogen-bond acceptors (Lipinski definition) is 1. The zero-order chi connectivity index (χ0) is 14.0. The van der Waals surface area contributed by atoms with Crippen LogP contribution in [0.3, 0.4) is 0 Å². The van der Waals surface area contributed by atoms with Crippen molar-refractivity contribution in [3.8, 4) is 0 Å². The first-order chi connectivity index (χ1) is 8.52. The van der Waals surface area contributed by atoms with Crippen LogP contribution in [-0.2, 0) is 4.79 Å². The molecule has 0 aromatic heterocycles. The summed E-state index contributed by atoms with van der Waals surface area (Å²) in [6.45, 7) is 11.4. The summed E-state index contributed by atoms with van der Waals surface area (Å²) in [7, 11) is 0. The highest BCUT2D eigenvalue weighted by atomic mass is 16.4. The molecule has 2 nitrogen and oxygen atoms in total. The summed E-state index contributed by atoms with van der Waals surface area (Å²) in [5.74, 6) is -0.723. The van der Waals surface area contributed by atoms with Crippen molar-refractivity contribution >= 4 is 5.97 Å². The summed E-state index contributed by atoms with van der Waals surface area (Å²) in [5.41, 5.74) is 1.58. The minimum atomic E-state index is -0.855. The molecule has 0 bridgehead atoms. The number of carbonyl (C=O) groups is 1. The molecule has 102 valence electrons. The fourth-order valence-corrected chi connectivity index (χ4v) is 1.92. The summed E-state index contributed by atoms with van der Waals surface area (Å²) < 4.78 is 0. The van der Waals surface area contributed by atoms with E-state index in [0.717, 1.165) is 38.5 Å². The average molecular weight is 250 g/mol. The predicted molar refractivity (Wildman–Crippen MR) is 77.6 cm³/mol. The molecule has 2 heteroatoms. The van der Waals surface area contributed by atoms with Gasteiger partial charge in [-0.05, 0) is 38.5 Å². The van der Waals surface area contributed by atoms with E-state index in [1.807, 2.05) is 13.0 Å². The second kappa shape index (κ2) is 9.69. The molecule has 1 N–H and O–H groups in total. The number of carboxylic acid groups (broad SMARTS) is 1. The average Bonchev–Trinajstić information content (AvgIpc) is 2.36. The van der Waals surface area contributed by atoms with Crippen LogP contribution in [0.25, 0.3) is 0 Å². The van der Waals surface area contributed by atoms with E-state index in [1.54, 1.807) is 0 Å². The third kappa shape index (κ3) is 7.10. The lowest BCUT2D eigenvalue weighted by Crippen LogP contribution is -2.10. The molecule has 0 fully saturated rings. The van der Waals surface area contributed by atoms with Gasteiger partial charge < -0.3 is 5.11 Å². The first-order valence-corrected chi connectivity index (χ1v) is 6.74. The lowest BCUT2D eigenvalue weighted by atomic mass is 9.91.